The molecule has 148 valence electrons. The fourth-order valence-electron chi connectivity index (χ4n) is 4.88. The van der Waals surface area contributed by atoms with Crippen molar-refractivity contribution in [1.82, 2.24) is 0 Å². The van der Waals surface area contributed by atoms with Gasteiger partial charge in [0.15, 0.2) is 5.78 Å². The Balaban J connectivity index is 1.73. The zero-order chi connectivity index (χ0) is 20.7. The molecule has 0 radical (unpaired) electrons. The van der Waals surface area contributed by atoms with Crippen molar-refractivity contribution in [2.24, 2.45) is 0 Å². The molecule has 30 heavy (non-hydrogen) atoms. The molecule has 5 heteroatoms. The number of nitrogens with zero attached hydrogens (tertiary/aromatic N) is 2. The van der Waals surface area contributed by atoms with Crippen LogP contribution in [0.25, 0.3) is 6.08 Å². The Labute approximate surface area is 174 Å². The van der Waals surface area contributed by atoms with Gasteiger partial charge in [-0.15, -0.1) is 0 Å². The Hall–Kier alpha value is -3.73. The molecule has 0 aromatic heterocycles. The fraction of sp³-hybridized carbons (Fsp3) is 0.160. The smallest absolute Gasteiger partial charge is 0.245 e. The molecule has 3 aromatic rings. The molecule has 2 heterocycles. The predicted octanol–water partition coefficient (Wildman–Crippen LogP) is 4.58. The number of nitro groups is 1. The van der Waals surface area contributed by atoms with Gasteiger partial charge in [-0.1, -0.05) is 91.0 Å². The van der Waals surface area contributed by atoms with Gasteiger partial charge in [-0.3, -0.25) is 14.9 Å². The molecule has 2 aliphatic heterocycles. The van der Waals surface area contributed by atoms with Crippen LogP contribution in [0.3, 0.4) is 0 Å². The lowest BCUT2D eigenvalue weighted by molar-refractivity contribution is -0.524. The summed E-state index contributed by atoms with van der Waals surface area (Å²) in [7, 11) is 0. The van der Waals surface area contributed by atoms with Crippen molar-refractivity contribution in [3.05, 3.63) is 118 Å². The van der Waals surface area contributed by atoms with Gasteiger partial charge < -0.3 is 4.90 Å². The number of fused-ring (bicyclic) bond motifs is 3. The summed E-state index contributed by atoms with van der Waals surface area (Å²) < 4.78 is 0. The van der Waals surface area contributed by atoms with E-state index in [-0.39, 0.29) is 10.7 Å². The van der Waals surface area contributed by atoms with E-state index in [1.165, 1.54) is 0 Å². The summed E-state index contributed by atoms with van der Waals surface area (Å²) in [6.45, 7) is 0. The lowest BCUT2D eigenvalue weighted by Crippen LogP contribution is -2.44. The Morgan fingerprint density at radius 3 is 2.20 bits per heavy atom. The average molecular weight is 396 g/mol. The highest BCUT2D eigenvalue weighted by molar-refractivity contribution is 6.04. The zero-order valence-corrected chi connectivity index (χ0v) is 16.2. The van der Waals surface area contributed by atoms with Crippen LogP contribution in [-0.2, 0) is 0 Å². The standard InChI is InChI=1S/C25H20N2O3/c28-25(19-12-5-2-6-13-19)24-22(18-10-3-1-4-11-18)23(27(29)30)21-16-15-17-9-7-8-14-20(17)26(21)24/h1-16,21-24H/t21-,22-,23+,24-/m0/s1. The van der Waals surface area contributed by atoms with Gasteiger partial charge in [0.1, 0.15) is 12.1 Å². The second-order valence-corrected chi connectivity index (χ2v) is 7.70. The normalized spacial score (nSPS) is 24.2. The first-order valence-corrected chi connectivity index (χ1v) is 10.00. The number of para-hydroxylation sites is 1. The number of carbonyl (C=O) groups excluding carboxylic acids is 1. The van der Waals surface area contributed by atoms with E-state index < -0.39 is 24.0 Å². The summed E-state index contributed by atoms with van der Waals surface area (Å²) in [4.78, 5) is 27.8. The minimum Gasteiger partial charge on any atom is -0.346 e. The van der Waals surface area contributed by atoms with Gasteiger partial charge in [-0.05, 0) is 17.2 Å². The molecule has 0 amide bonds. The molecule has 5 rings (SSSR count). The Morgan fingerprint density at radius 1 is 0.867 bits per heavy atom. The van der Waals surface area contributed by atoms with Gasteiger partial charge in [-0.2, -0.15) is 0 Å². The SMILES string of the molecule is O=C(c1ccccc1)[C@@H]1[C@@H](c2ccccc2)[C@H]([N+](=O)[O-])[C@@H]2C=Cc3ccccc3N12. The van der Waals surface area contributed by atoms with Crippen molar-refractivity contribution in [3.63, 3.8) is 0 Å². The molecule has 3 aromatic carbocycles. The summed E-state index contributed by atoms with van der Waals surface area (Å²) in [5, 5.41) is 12.3. The van der Waals surface area contributed by atoms with Crippen molar-refractivity contribution in [1.29, 1.82) is 0 Å². The van der Waals surface area contributed by atoms with Crippen LogP contribution in [0.2, 0.25) is 0 Å². The quantitative estimate of drug-likeness (QED) is 0.368. The van der Waals surface area contributed by atoms with E-state index in [9.17, 15) is 14.9 Å². The monoisotopic (exact) mass is 396 g/mol. The summed E-state index contributed by atoms with van der Waals surface area (Å²) in [6, 6.07) is 24.2. The van der Waals surface area contributed by atoms with E-state index in [0.29, 0.717) is 5.56 Å². The molecule has 1 saturated heterocycles. The third kappa shape index (κ3) is 2.82. The van der Waals surface area contributed by atoms with Crippen molar-refractivity contribution in [2.45, 2.75) is 24.0 Å². The molecule has 1 fully saturated rings. The van der Waals surface area contributed by atoms with Gasteiger partial charge in [0.25, 0.3) is 0 Å². The molecule has 5 nitrogen and oxygen atoms in total. The van der Waals surface area contributed by atoms with E-state index in [0.717, 1.165) is 16.8 Å². The first kappa shape index (κ1) is 18.3. The molecule has 0 aliphatic carbocycles. The average Bonchev–Trinajstić information content (AvgIpc) is 3.16. The highest BCUT2D eigenvalue weighted by Crippen LogP contribution is 2.46. The molecule has 0 unspecified atom stereocenters. The highest BCUT2D eigenvalue weighted by Gasteiger charge is 2.58. The molecule has 2 aliphatic rings. The third-order valence-electron chi connectivity index (χ3n) is 6.12. The molecule has 0 N–H and O–H groups in total. The van der Waals surface area contributed by atoms with Gasteiger partial charge in [0.2, 0.25) is 6.04 Å². The molecular weight excluding hydrogens is 376 g/mol. The largest absolute Gasteiger partial charge is 0.346 e. The number of ketones is 1. The van der Waals surface area contributed by atoms with Gasteiger partial charge in [0.05, 0.1) is 5.92 Å². The van der Waals surface area contributed by atoms with Gasteiger partial charge in [-0.25, -0.2) is 0 Å². The Morgan fingerprint density at radius 2 is 1.50 bits per heavy atom. The highest BCUT2D eigenvalue weighted by atomic mass is 16.6. The van der Waals surface area contributed by atoms with E-state index in [1.54, 1.807) is 12.1 Å². The number of rotatable bonds is 4. The van der Waals surface area contributed by atoms with Crippen molar-refractivity contribution < 1.29 is 9.72 Å². The lowest BCUT2D eigenvalue weighted by atomic mass is 9.84. The summed E-state index contributed by atoms with van der Waals surface area (Å²) >= 11 is 0. The fourth-order valence-corrected chi connectivity index (χ4v) is 4.88. The molecular formula is C25H20N2O3. The topological polar surface area (TPSA) is 63.4 Å². The van der Waals surface area contributed by atoms with Crippen LogP contribution in [0.1, 0.15) is 27.4 Å². The maximum absolute atomic E-state index is 13.8. The van der Waals surface area contributed by atoms with E-state index in [4.69, 9.17) is 0 Å². The van der Waals surface area contributed by atoms with E-state index >= 15 is 0 Å². The number of Topliss-reactive ketones (excluding diaryl/α,β-unsaturated/α-hetero) is 1. The third-order valence-corrected chi connectivity index (χ3v) is 6.12. The zero-order valence-electron chi connectivity index (χ0n) is 16.2. The summed E-state index contributed by atoms with van der Waals surface area (Å²) in [6.07, 6.45) is 3.81. The number of benzene rings is 3. The predicted molar refractivity (Wildman–Crippen MR) is 116 cm³/mol. The minimum absolute atomic E-state index is 0.0936. The Kier molecular flexibility index (Phi) is 4.43. The van der Waals surface area contributed by atoms with E-state index in [2.05, 4.69) is 0 Å². The van der Waals surface area contributed by atoms with Crippen molar-refractivity contribution >= 4 is 17.5 Å². The van der Waals surface area contributed by atoms with Crippen LogP contribution in [0.5, 0.6) is 0 Å². The van der Waals surface area contributed by atoms with Crippen LogP contribution < -0.4 is 4.90 Å². The van der Waals surface area contributed by atoms with Crippen LogP contribution in [-0.4, -0.2) is 28.8 Å². The molecule has 0 bridgehead atoms. The van der Waals surface area contributed by atoms with Crippen LogP contribution in [0.4, 0.5) is 5.69 Å². The lowest BCUT2D eigenvalue weighted by Gasteiger charge is -2.34. The van der Waals surface area contributed by atoms with Crippen LogP contribution >= 0.6 is 0 Å². The first-order chi connectivity index (χ1) is 14.7. The van der Waals surface area contributed by atoms with E-state index in [1.807, 2.05) is 89.8 Å². The summed E-state index contributed by atoms with van der Waals surface area (Å²) in [5.41, 5.74) is 3.21. The Bertz CT molecular complexity index is 1130. The number of carbonyl (C=O) groups is 1. The number of hydrogen-bond donors (Lipinski definition) is 0. The van der Waals surface area contributed by atoms with Crippen molar-refractivity contribution in [3.8, 4) is 0 Å². The van der Waals surface area contributed by atoms with Gasteiger partial charge in [0, 0.05) is 16.2 Å². The maximum atomic E-state index is 13.8. The number of hydrogen-bond acceptors (Lipinski definition) is 4. The second-order valence-electron chi connectivity index (χ2n) is 7.70. The van der Waals surface area contributed by atoms with Gasteiger partial charge >= 0.3 is 0 Å². The second kappa shape index (κ2) is 7.26. The number of anilines is 1. The molecule has 0 spiro atoms. The van der Waals surface area contributed by atoms with Crippen molar-refractivity contribution in [2.75, 3.05) is 4.90 Å². The maximum Gasteiger partial charge on any atom is 0.245 e. The van der Waals surface area contributed by atoms with Crippen LogP contribution in [0.15, 0.2) is 91.0 Å². The molecule has 0 saturated carbocycles. The minimum atomic E-state index is -0.922. The first-order valence-electron chi connectivity index (χ1n) is 10.00. The van der Waals surface area contributed by atoms with Crippen LogP contribution in [0, 0.1) is 10.1 Å². The molecule has 4 atom stereocenters. The summed E-state index contributed by atoms with van der Waals surface area (Å²) in [5.74, 6) is -0.654.